The molecule has 1 fully saturated rings. The molecule has 2 heterocycles. The molecule has 1 N–H and O–H groups in total. The smallest absolute Gasteiger partial charge is 0.290 e. The Labute approximate surface area is 134 Å². The minimum absolute atomic E-state index is 0. The van der Waals surface area contributed by atoms with Crippen molar-refractivity contribution in [2.24, 2.45) is 0 Å². The third kappa shape index (κ3) is 2.76. The maximum absolute atomic E-state index is 12.7. The number of halogens is 2. The van der Waals surface area contributed by atoms with E-state index in [1.165, 1.54) is 0 Å². The number of aryl methyl sites for hydroxylation is 1. The molecule has 0 radical (unpaired) electrons. The zero-order valence-electron chi connectivity index (χ0n) is 12.0. The first-order valence-corrected chi connectivity index (χ1v) is 7.16. The Balaban J connectivity index is 0.00000161. The second kappa shape index (κ2) is 6.26. The van der Waals surface area contributed by atoms with Gasteiger partial charge in [0.25, 0.3) is 5.91 Å². The lowest BCUT2D eigenvalue weighted by atomic mass is 10.1. The fourth-order valence-corrected chi connectivity index (χ4v) is 2.90. The van der Waals surface area contributed by atoms with Crippen molar-refractivity contribution in [2.45, 2.75) is 19.9 Å². The van der Waals surface area contributed by atoms with Gasteiger partial charge in [-0.25, -0.2) is 0 Å². The van der Waals surface area contributed by atoms with E-state index >= 15 is 0 Å². The molecule has 0 bridgehead atoms. The van der Waals surface area contributed by atoms with Crippen LogP contribution in [0.5, 0.6) is 0 Å². The summed E-state index contributed by atoms with van der Waals surface area (Å²) in [5.41, 5.74) is 1.45. The highest BCUT2D eigenvalue weighted by Gasteiger charge is 2.28. The van der Waals surface area contributed by atoms with Crippen molar-refractivity contribution in [3.05, 3.63) is 34.5 Å². The average Bonchev–Trinajstić information content (AvgIpc) is 2.78. The van der Waals surface area contributed by atoms with Crippen LogP contribution in [-0.4, -0.2) is 36.5 Å². The number of furan rings is 1. The molecule has 1 aromatic carbocycles. The van der Waals surface area contributed by atoms with Gasteiger partial charge in [-0.3, -0.25) is 4.79 Å². The third-order valence-electron chi connectivity index (χ3n) is 3.87. The Morgan fingerprint density at radius 3 is 2.90 bits per heavy atom. The molecule has 6 heteroatoms. The zero-order valence-corrected chi connectivity index (χ0v) is 13.6. The largest absolute Gasteiger partial charge is 0.449 e. The van der Waals surface area contributed by atoms with Crippen LogP contribution in [0, 0.1) is 6.92 Å². The molecule has 3 rings (SSSR count). The Kier molecular flexibility index (Phi) is 4.81. The molecular formula is C15H18Cl2N2O2. The second-order valence-electron chi connectivity index (χ2n) is 5.22. The SMILES string of the molecule is Cc1c(C(=O)N2CCNC[C@H]2C)oc2c(Cl)cccc12.Cl. The van der Waals surface area contributed by atoms with Crippen LogP contribution in [0.2, 0.25) is 5.02 Å². The number of carbonyl (C=O) groups excluding carboxylic acids is 1. The maximum atomic E-state index is 12.7. The van der Waals surface area contributed by atoms with Crippen LogP contribution in [-0.2, 0) is 0 Å². The van der Waals surface area contributed by atoms with Crippen molar-refractivity contribution in [3.63, 3.8) is 0 Å². The van der Waals surface area contributed by atoms with Crippen molar-refractivity contribution in [2.75, 3.05) is 19.6 Å². The summed E-state index contributed by atoms with van der Waals surface area (Å²) in [6, 6.07) is 5.74. The molecule has 1 aliphatic rings. The third-order valence-corrected chi connectivity index (χ3v) is 4.17. The van der Waals surface area contributed by atoms with E-state index < -0.39 is 0 Å². The summed E-state index contributed by atoms with van der Waals surface area (Å²) in [5, 5.41) is 4.72. The van der Waals surface area contributed by atoms with Gasteiger partial charge in [0.05, 0.1) is 5.02 Å². The Hall–Kier alpha value is -1.23. The topological polar surface area (TPSA) is 45.5 Å². The first-order chi connectivity index (χ1) is 9.59. The number of nitrogens with zero attached hydrogens (tertiary/aromatic N) is 1. The highest BCUT2D eigenvalue weighted by molar-refractivity contribution is 6.35. The lowest BCUT2D eigenvalue weighted by Crippen LogP contribution is -2.52. The molecule has 0 saturated carbocycles. The normalized spacial score (nSPS) is 18.6. The van der Waals surface area contributed by atoms with E-state index in [9.17, 15) is 4.79 Å². The van der Waals surface area contributed by atoms with E-state index in [0.29, 0.717) is 22.9 Å². The molecular weight excluding hydrogens is 311 g/mol. The number of piperazine rings is 1. The molecule has 114 valence electrons. The molecule has 0 spiro atoms. The fraction of sp³-hybridized carbons (Fsp3) is 0.400. The van der Waals surface area contributed by atoms with Crippen LogP contribution in [0.3, 0.4) is 0 Å². The van der Waals surface area contributed by atoms with E-state index in [1.54, 1.807) is 6.07 Å². The monoisotopic (exact) mass is 328 g/mol. The summed E-state index contributed by atoms with van der Waals surface area (Å²) >= 11 is 6.13. The van der Waals surface area contributed by atoms with Crippen LogP contribution >= 0.6 is 24.0 Å². The molecule has 2 aromatic rings. The van der Waals surface area contributed by atoms with Crippen molar-refractivity contribution < 1.29 is 9.21 Å². The Bertz CT molecular complexity index is 669. The summed E-state index contributed by atoms with van der Waals surface area (Å²) in [6.07, 6.45) is 0. The van der Waals surface area contributed by atoms with Gasteiger partial charge in [-0.1, -0.05) is 23.7 Å². The highest BCUT2D eigenvalue weighted by Crippen LogP contribution is 2.31. The van der Waals surface area contributed by atoms with Gasteiger partial charge in [0.2, 0.25) is 0 Å². The van der Waals surface area contributed by atoms with Crippen LogP contribution in [0.25, 0.3) is 11.0 Å². The van der Waals surface area contributed by atoms with Crippen molar-refractivity contribution in [1.29, 1.82) is 0 Å². The lowest BCUT2D eigenvalue weighted by Gasteiger charge is -2.33. The molecule has 1 aliphatic heterocycles. The minimum Gasteiger partial charge on any atom is -0.449 e. The van der Waals surface area contributed by atoms with Gasteiger partial charge in [0.15, 0.2) is 11.3 Å². The highest BCUT2D eigenvalue weighted by atomic mass is 35.5. The predicted octanol–water partition coefficient (Wildman–Crippen LogP) is 3.25. The quantitative estimate of drug-likeness (QED) is 0.874. The number of hydrogen-bond donors (Lipinski definition) is 1. The van der Waals surface area contributed by atoms with Gasteiger partial charge >= 0.3 is 0 Å². The van der Waals surface area contributed by atoms with Crippen LogP contribution in [0.15, 0.2) is 22.6 Å². The summed E-state index contributed by atoms with van der Waals surface area (Å²) in [7, 11) is 0. The summed E-state index contributed by atoms with van der Waals surface area (Å²) < 4.78 is 5.75. The van der Waals surface area contributed by atoms with Crippen molar-refractivity contribution >= 4 is 40.9 Å². The van der Waals surface area contributed by atoms with Gasteiger partial charge in [0.1, 0.15) is 0 Å². The fourth-order valence-electron chi connectivity index (χ4n) is 2.69. The molecule has 0 unspecified atom stereocenters. The van der Waals surface area contributed by atoms with E-state index in [-0.39, 0.29) is 24.4 Å². The van der Waals surface area contributed by atoms with Gasteiger partial charge in [-0.15, -0.1) is 12.4 Å². The van der Waals surface area contributed by atoms with Gasteiger partial charge in [0, 0.05) is 36.6 Å². The Morgan fingerprint density at radius 2 is 2.24 bits per heavy atom. The molecule has 1 saturated heterocycles. The number of para-hydroxylation sites is 1. The molecule has 1 atom stereocenters. The zero-order chi connectivity index (χ0) is 14.3. The first-order valence-electron chi connectivity index (χ1n) is 6.79. The summed E-state index contributed by atoms with van der Waals surface area (Å²) in [4.78, 5) is 14.5. The minimum atomic E-state index is -0.0521. The van der Waals surface area contributed by atoms with Crippen molar-refractivity contribution in [1.82, 2.24) is 10.2 Å². The van der Waals surface area contributed by atoms with E-state index in [0.717, 1.165) is 24.0 Å². The number of hydrogen-bond acceptors (Lipinski definition) is 3. The lowest BCUT2D eigenvalue weighted by molar-refractivity contribution is 0.0624. The maximum Gasteiger partial charge on any atom is 0.290 e. The van der Waals surface area contributed by atoms with E-state index in [4.69, 9.17) is 16.0 Å². The molecule has 0 aliphatic carbocycles. The summed E-state index contributed by atoms with van der Waals surface area (Å²) in [5.74, 6) is 0.352. The van der Waals surface area contributed by atoms with Gasteiger partial charge in [-0.05, 0) is 19.9 Å². The standard InChI is InChI=1S/C15H17ClN2O2.ClH/c1-9-8-17-6-7-18(9)15(19)13-10(2)11-4-3-5-12(16)14(11)20-13;/h3-5,9,17H,6-8H2,1-2H3;1H/t9-;/m1./s1. The number of benzene rings is 1. The number of nitrogens with one attached hydrogen (secondary N) is 1. The van der Waals surface area contributed by atoms with Crippen LogP contribution in [0.1, 0.15) is 23.0 Å². The molecule has 1 aromatic heterocycles. The molecule has 4 nitrogen and oxygen atoms in total. The van der Waals surface area contributed by atoms with Gasteiger partial charge < -0.3 is 14.6 Å². The van der Waals surface area contributed by atoms with E-state index in [2.05, 4.69) is 5.32 Å². The van der Waals surface area contributed by atoms with Gasteiger partial charge in [-0.2, -0.15) is 0 Å². The molecule has 21 heavy (non-hydrogen) atoms. The number of amides is 1. The average molecular weight is 329 g/mol. The predicted molar refractivity (Wildman–Crippen MR) is 86.6 cm³/mol. The van der Waals surface area contributed by atoms with Crippen LogP contribution < -0.4 is 5.32 Å². The first kappa shape index (κ1) is 16.1. The number of rotatable bonds is 1. The van der Waals surface area contributed by atoms with Crippen molar-refractivity contribution in [3.8, 4) is 0 Å². The Morgan fingerprint density at radius 1 is 1.48 bits per heavy atom. The number of carbonyl (C=O) groups is 1. The van der Waals surface area contributed by atoms with Crippen LogP contribution in [0.4, 0.5) is 0 Å². The summed E-state index contributed by atoms with van der Waals surface area (Å²) in [6.45, 7) is 6.27. The van der Waals surface area contributed by atoms with E-state index in [1.807, 2.05) is 30.9 Å². The molecule has 1 amide bonds. The second-order valence-corrected chi connectivity index (χ2v) is 5.63. The number of fused-ring (bicyclic) bond motifs is 1.